The maximum atomic E-state index is 12.3. The molecule has 25 heavy (non-hydrogen) atoms. The lowest BCUT2D eigenvalue weighted by Crippen LogP contribution is -2.34. The van der Waals surface area contributed by atoms with Crippen LogP contribution in [0.3, 0.4) is 0 Å². The second kappa shape index (κ2) is 8.76. The van der Waals surface area contributed by atoms with E-state index in [-0.39, 0.29) is 10.7 Å². The van der Waals surface area contributed by atoms with Crippen molar-refractivity contribution in [3.05, 3.63) is 54.7 Å². The van der Waals surface area contributed by atoms with Crippen LogP contribution < -0.4 is 15.4 Å². The van der Waals surface area contributed by atoms with Gasteiger partial charge < -0.3 is 15.2 Å². The number of ether oxygens (including phenoxy) is 1. The van der Waals surface area contributed by atoms with Crippen LogP contribution in [0.25, 0.3) is 0 Å². The highest BCUT2D eigenvalue weighted by Gasteiger charge is 2.17. The predicted molar refractivity (Wildman–Crippen MR) is 116 cm³/mol. The molecule has 0 spiro atoms. The Balaban J connectivity index is 2.18. The van der Waals surface area contributed by atoms with Gasteiger partial charge in [0, 0.05) is 12.7 Å². The zero-order valence-electron chi connectivity index (χ0n) is 12.8. The summed E-state index contributed by atoms with van der Waals surface area (Å²) in [6.07, 6.45) is 0. The zero-order valence-corrected chi connectivity index (χ0v) is 17.9. The van der Waals surface area contributed by atoms with Gasteiger partial charge in [-0.3, -0.25) is 10.1 Å². The summed E-state index contributed by atoms with van der Waals surface area (Å²) in [5.41, 5.74) is 0.790. The molecule has 0 atom stereocenters. The molecule has 0 aliphatic heterocycles. The third-order valence-corrected chi connectivity index (χ3v) is 4.76. The summed E-state index contributed by atoms with van der Waals surface area (Å²) < 4.78 is 6.55. The fourth-order valence-electron chi connectivity index (χ4n) is 1.95. The molecule has 0 aromatic heterocycles. The van der Waals surface area contributed by atoms with E-state index in [9.17, 15) is 14.7 Å². The Morgan fingerprint density at radius 1 is 1.20 bits per heavy atom. The van der Waals surface area contributed by atoms with Gasteiger partial charge >= 0.3 is 5.97 Å². The Morgan fingerprint density at radius 2 is 1.92 bits per heavy atom. The lowest BCUT2D eigenvalue weighted by molar-refractivity contribution is 0.0697. The van der Waals surface area contributed by atoms with Gasteiger partial charge in [0.1, 0.15) is 5.75 Å². The van der Waals surface area contributed by atoms with E-state index in [1.807, 2.05) is 51.2 Å². The molecule has 0 radical (unpaired) electrons. The van der Waals surface area contributed by atoms with Gasteiger partial charge in [-0.05, 0) is 87.7 Å². The zero-order chi connectivity index (χ0) is 18.6. The molecule has 0 saturated carbocycles. The average molecular weight is 582 g/mol. The Hall–Kier alpha value is -1.47. The van der Waals surface area contributed by atoms with Crippen LogP contribution in [-0.4, -0.2) is 29.2 Å². The predicted octanol–water partition coefficient (Wildman–Crippen LogP) is 3.73. The molecular formula is C16H12I2N2O4S. The largest absolute Gasteiger partial charge is 0.497 e. The number of hydrogen-bond donors (Lipinski definition) is 3. The van der Waals surface area contributed by atoms with Gasteiger partial charge in [-0.25, -0.2) is 4.79 Å². The Bertz CT molecular complexity index is 858. The van der Waals surface area contributed by atoms with Crippen LogP contribution in [0.2, 0.25) is 0 Å². The third-order valence-electron chi connectivity index (χ3n) is 3.08. The van der Waals surface area contributed by atoms with Crippen molar-refractivity contribution in [3.8, 4) is 5.75 Å². The van der Waals surface area contributed by atoms with Gasteiger partial charge in [-0.15, -0.1) is 0 Å². The van der Waals surface area contributed by atoms with Gasteiger partial charge in [0.05, 0.1) is 18.4 Å². The Morgan fingerprint density at radius 3 is 2.56 bits per heavy atom. The first-order valence-corrected chi connectivity index (χ1v) is 9.37. The third kappa shape index (κ3) is 5.25. The minimum atomic E-state index is -1.08. The van der Waals surface area contributed by atoms with Crippen molar-refractivity contribution in [2.24, 2.45) is 0 Å². The molecule has 6 nitrogen and oxygen atoms in total. The van der Waals surface area contributed by atoms with Crippen molar-refractivity contribution in [1.82, 2.24) is 5.32 Å². The number of halogens is 2. The minimum absolute atomic E-state index is 0.00874. The van der Waals surface area contributed by atoms with Crippen molar-refractivity contribution < 1.29 is 19.4 Å². The molecule has 2 aromatic rings. The number of carboxylic acid groups (broad SMARTS) is 1. The van der Waals surface area contributed by atoms with Crippen LogP contribution in [0.4, 0.5) is 5.69 Å². The number of benzene rings is 2. The highest BCUT2D eigenvalue weighted by Crippen LogP contribution is 2.26. The smallest absolute Gasteiger partial charge is 0.337 e. The molecule has 2 aromatic carbocycles. The summed E-state index contributed by atoms with van der Waals surface area (Å²) in [5.74, 6) is -0.957. The Labute approximate surface area is 176 Å². The minimum Gasteiger partial charge on any atom is -0.497 e. The summed E-state index contributed by atoms with van der Waals surface area (Å²) in [4.78, 5) is 23.7. The van der Waals surface area contributed by atoms with Crippen LogP contribution in [-0.2, 0) is 0 Å². The topological polar surface area (TPSA) is 87.7 Å². The number of thiocarbonyl (C=S) groups is 1. The molecule has 0 bridgehead atoms. The van der Waals surface area contributed by atoms with E-state index in [1.54, 1.807) is 24.3 Å². The van der Waals surface area contributed by atoms with E-state index >= 15 is 0 Å². The fourth-order valence-corrected chi connectivity index (χ4v) is 4.13. The number of carbonyl (C=O) groups is 2. The van der Waals surface area contributed by atoms with Crippen molar-refractivity contribution in [2.45, 2.75) is 0 Å². The van der Waals surface area contributed by atoms with E-state index in [0.29, 0.717) is 20.6 Å². The van der Waals surface area contributed by atoms with E-state index in [1.165, 1.54) is 13.2 Å². The van der Waals surface area contributed by atoms with Gasteiger partial charge in [0.2, 0.25) is 0 Å². The van der Waals surface area contributed by atoms with Crippen LogP contribution in [0.15, 0.2) is 36.4 Å². The molecule has 3 N–H and O–H groups in total. The standard InChI is InChI=1S/C16H12I2N2O4S/c1-24-10-4-2-3-8(5-10)14(21)20-16(25)19-13-11(15(22)23)6-9(17)7-12(13)18/h2-7H,1H3,(H,22,23)(H2,19,20,21,25). The maximum absolute atomic E-state index is 12.3. The van der Waals surface area contributed by atoms with Crippen LogP contribution in [0.1, 0.15) is 20.7 Å². The fraction of sp³-hybridized carbons (Fsp3) is 0.0625. The van der Waals surface area contributed by atoms with Crippen LogP contribution in [0, 0.1) is 7.14 Å². The number of amides is 1. The second-order valence-electron chi connectivity index (χ2n) is 4.76. The van der Waals surface area contributed by atoms with Gasteiger partial charge in [-0.2, -0.15) is 0 Å². The Kier molecular flexibility index (Phi) is 6.95. The molecule has 1 amide bonds. The van der Waals surface area contributed by atoms with Crippen LogP contribution >= 0.6 is 57.4 Å². The van der Waals surface area contributed by atoms with E-state index in [2.05, 4.69) is 10.6 Å². The van der Waals surface area contributed by atoms with Gasteiger partial charge in [0.15, 0.2) is 5.11 Å². The molecule has 0 saturated heterocycles. The molecule has 0 unspecified atom stereocenters. The molecule has 0 aliphatic carbocycles. The van der Waals surface area contributed by atoms with Gasteiger partial charge in [0.25, 0.3) is 5.91 Å². The van der Waals surface area contributed by atoms with Crippen molar-refractivity contribution in [2.75, 3.05) is 12.4 Å². The van der Waals surface area contributed by atoms with E-state index in [0.717, 1.165) is 3.57 Å². The SMILES string of the molecule is COc1cccc(C(=O)NC(=S)Nc2c(I)cc(I)cc2C(=O)O)c1. The molecule has 0 heterocycles. The summed E-state index contributed by atoms with van der Waals surface area (Å²) in [5, 5.41) is 14.7. The highest BCUT2D eigenvalue weighted by atomic mass is 127. The lowest BCUT2D eigenvalue weighted by Gasteiger charge is -2.14. The first-order valence-electron chi connectivity index (χ1n) is 6.80. The van der Waals surface area contributed by atoms with Crippen molar-refractivity contribution >= 4 is 80.1 Å². The first-order chi connectivity index (χ1) is 11.8. The molecular weight excluding hydrogens is 570 g/mol. The van der Waals surface area contributed by atoms with E-state index < -0.39 is 11.9 Å². The highest BCUT2D eigenvalue weighted by molar-refractivity contribution is 14.1. The number of carboxylic acids is 1. The number of nitrogens with one attached hydrogen (secondary N) is 2. The number of anilines is 1. The summed E-state index contributed by atoms with van der Waals surface area (Å²) in [6.45, 7) is 0. The second-order valence-corrected chi connectivity index (χ2v) is 7.57. The van der Waals surface area contributed by atoms with Crippen LogP contribution in [0.5, 0.6) is 5.75 Å². The maximum Gasteiger partial charge on any atom is 0.337 e. The first kappa shape index (κ1) is 19.8. The number of hydrogen-bond acceptors (Lipinski definition) is 4. The van der Waals surface area contributed by atoms with E-state index in [4.69, 9.17) is 17.0 Å². The number of rotatable bonds is 4. The molecule has 9 heteroatoms. The van der Waals surface area contributed by atoms with Crippen molar-refractivity contribution in [3.63, 3.8) is 0 Å². The van der Waals surface area contributed by atoms with Gasteiger partial charge in [-0.1, -0.05) is 6.07 Å². The quantitative estimate of drug-likeness (QED) is 0.377. The number of methoxy groups -OCH3 is 1. The summed E-state index contributed by atoms with van der Waals surface area (Å²) >= 11 is 9.19. The molecule has 0 fully saturated rings. The summed E-state index contributed by atoms with van der Waals surface area (Å²) in [6, 6.07) is 9.95. The number of aromatic carboxylic acids is 1. The molecule has 2 rings (SSSR count). The number of carbonyl (C=O) groups excluding carboxylic acids is 1. The molecule has 0 aliphatic rings. The van der Waals surface area contributed by atoms with Crippen molar-refractivity contribution in [1.29, 1.82) is 0 Å². The lowest BCUT2D eigenvalue weighted by atomic mass is 10.2. The summed E-state index contributed by atoms with van der Waals surface area (Å²) in [7, 11) is 1.51. The average Bonchev–Trinajstić information content (AvgIpc) is 2.56. The molecule has 130 valence electrons. The monoisotopic (exact) mass is 582 g/mol. The normalized spacial score (nSPS) is 10.0.